The quantitative estimate of drug-likeness (QED) is 0.815. The fraction of sp³-hybridized carbons (Fsp3) is 0.533. The molecule has 1 amide bonds. The second kappa shape index (κ2) is 6.44. The molecule has 0 bridgehead atoms. The van der Waals surface area contributed by atoms with Gasteiger partial charge >= 0.3 is 0 Å². The molecule has 1 aliphatic carbocycles. The van der Waals surface area contributed by atoms with E-state index in [4.69, 9.17) is 0 Å². The van der Waals surface area contributed by atoms with E-state index in [-0.39, 0.29) is 11.2 Å². The van der Waals surface area contributed by atoms with Gasteiger partial charge < -0.3 is 10.4 Å². The highest BCUT2D eigenvalue weighted by molar-refractivity contribution is 8.00. The molecular weight excluding hydrogens is 258 g/mol. The van der Waals surface area contributed by atoms with Crippen LogP contribution in [0, 0.1) is 0 Å². The van der Waals surface area contributed by atoms with Gasteiger partial charge in [-0.25, -0.2) is 0 Å². The van der Waals surface area contributed by atoms with Crippen LogP contribution in [-0.2, 0) is 4.79 Å². The number of aliphatic hydroxyl groups is 1. The van der Waals surface area contributed by atoms with E-state index in [1.807, 2.05) is 37.3 Å². The van der Waals surface area contributed by atoms with E-state index in [0.717, 1.165) is 30.6 Å². The molecule has 3 nitrogen and oxygen atoms in total. The molecule has 4 heteroatoms. The first kappa shape index (κ1) is 14.4. The minimum absolute atomic E-state index is 0.00539. The summed E-state index contributed by atoms with van der Waals surface area (Å²) in [5.41, 5.74) is -0.674. The highest BCUT2D eigenvalue weighted by atomic mass is 32.2. The van der Waals surface area contributed by atoms with E-state index in [9.17, 15) is 9.90 Å². The molecule has 2 rings (SSSR count). The number of hydrogen-bond donors (Lipinski definition) is 2. The van der Waals surface area contributed by atoms with Crippen molar-refractivity contribution in [2.45, 2.75) is 48.4 Å². The van der Waals surface area contributed by atoms with Crippen molar-refractivity contribution < 1.29 is 9.90 Å². The third-order valence-electron chi connectivity index (χ3n) is 3.55. The van der Waals surface area contributed by atoms with Crippen LogP contribution in [0.25, 0.3) is 0 Å². The summed E-state index contributed by atoms with van der Waals surface area (Å²) >= 11 is 1.54. The molecule has 0 radical (unpaired) electrons. The Balaban J connectivity index is 1.79. The minimum Gasteiger partial charge on any atom is -0.388 e. The van der Waals surface area contributed by atoms with E-state index in [1.54, 1.807) is 0 Å². The largest absolute Gasteiger partial charge is 0.388 e. The molecule has 0 heterocycles. The standard InChI is InChI=1S/C15H21NO2S/c1-12(19-13-7-3-2-4-8-13)14(17)16-11-15(18)9-5-6-10-15/h2-4,7-8,12,18H,5-6,9-11H2,1H3,(H,16,17). The average molecular weight is 279 g/mol. The molecule has 19 heavy (non-hydrogen) atoms. The first-order chi connectivity index (χ1) is 9.09. The summed E-state index contributed by atoms with van der Waals surface area (Å²) in [6, 6.07) is 9.89. The summed E-state index contributed by atoms with van der Waals surface area (Å²) in [4.78, 5) is 13.1. The van der Waals surface area contributed by atoms with Crippen LogP contribution in [0.4, 0.5) is 0 Å². The predicted octanol–water partition coefficient (Wildman–Crippen LogP) is 2.59. The van der Waals surface area contributed by atoms with Crippen LogP contribution in [0.2, 0.25) is 0 Å². The van der Waals surface area contributed by atoms with Crippen LogP contribution >= 0.6 is 11.8 Å². The SMILES string of the molecule is CC(Sc1ccccc1)C(=O)NCC1(O)CCCC1. The lowest BCUT2D eigenvalue weighted by Gasteiger charge is -2.23. The molecule has 0 saturated heterocycles. The number of rotatable bonds is 5. The second-order valence-electron chi connectivity index (χ2n) is 5.22. The first-order valence-electron chi connectivity index (χ1n) is 6.81. The number of benzene rings is 1. The van der Waals surface area contributed by atoms with Crippen LogP contribution in [0.15, 0.2) is 35.2 Å². The molecule has 1 aromatic carbocycles. The highest BCUT2D eigenvalue weighted by Gasteiger charge is 2.31. The molecule has 1 fully saturated rings. The van der Waals surface area contributed by atoms with Crippen molar-refractivity contribution in [3.05, 3.63) is 30.3 Å². The van der Waals surface area contributed by atoms with Crippen molar-refractivity contribution in [2.75, 3.05) is 6.54 Å². The molecule has 0 spiro atoms. The van der Waals surface area contributed by atoms with Crippen molar-refractivity contribution in [2.24, 2.45) is 0 Å². The molecule has 2 N–H and O–H groups in total. The maximum Gasteiger partial charge on any atom is 0.233 e. The Morgan fingerprint density at radius 2 is 2.00 bits per heavy atom. The van der Waals surface area contributed by atoms with Crippen LogP contribution in [0.5, 0.6) is 0 Å². The molecule has 0 aromatic heterocycles. The number of amides is 1. The van der Waals surface area contributed by atoms with Gasteiger partial charge in [0.25, 0.3) is 0 Å². The molecule has 0 aliphatic heterocycles. The molecule has 1 unspecified atom stereocenters. The fourth-order valence-corrected chi connectivity index (χ4v) is 3.27. The van der Waals surface area contributed by atoms with Crippen LogP contribution in [-0.4, -0.2) is 28.4 Å². The monoisotopic (exact) mass is 279 g/mol. The molecule has 1 aromatic rings. The van der Waals surface area contributed by atoms with Gasteiger partial charge in [-0.2, -0.15) is 0 Å². The number of nitrogens with one attached hydrogen (secondary N) is 1. The summed E-state index contributed by atoms with van der Waals surface area (Å²) in [6.45, 7) is 2.28. The van der Waals surface area contributed by atoms with Crippen molar-refractivity contribution >= 4 is 17.7 Å². The second-order valence-corrected chi connectivity index (χ2v) is 6.64. The zero-order valence-corrected chi connectivity index (χ0v) is 12.1. The minimum atomic E-state index is -0.674. The summed E-state index contributed by atoms with van der Waals surface area (Å²) in [7, 11) is 0. The third-order valence-corrected chi connectivity index (χ3v) is 4.66. The normalized spacial score (nSPS) is 19.1. The molecule has 1 aliphatic rings. The summed E-state index contributed by atoms with van der Waals surface area (Å²) in [6.07, 6.45) is 3.71. The smallest absolute Gasteiger partial charge is 0.233 e. The van der Waals surface area contributed by atoms with E-state index in [1.165, 1.54) is 11.8 Å². The van der Waals surface area contributed by atoms with Crippen molar-refractivity contribution in [3.8, 4) is 0 Å². The summed E-state index contributed by atoms with van der Waals surface area (Å²) in [5.74, 6) is -0.00539. The van der Waals surface area contributed by atoms with E-state index in [0.29, 0.717) is 6.54 Å². The Labute approximate surface area is 118 Å². The molecule has 104 valence electrons. The van der Waals surface area contributed by atoms with Gasteiger partial charge in [0.1, 0.15) is 0 Å². The van der Waals surface area contributed by atoms with E-state index in [2.05, 4.69) is 5.32 Å². The summed E-state index contributed by atoms with van der Waals surface area (Å²) < 4.78 is 0. The Kier molecular flexibility index (Phi) is 4.88. The predicted molar refractivity (Wildman–Crippen MR) is 78.2 cm³/mol. The first-order valence-corrected chi connectivity index (χ1v) is 7.69. The van der Waals surface area contributed by atoms with Crippen LogP contribution < -0.4 is 5.32 Å². The van der Waals surface area contributed by atoms with Gasteiger partial charge in [-0.3, -0.25) is 4.79 Å². The van der Waals surface area contributed by atoms with Gasteiger partial charge in [-0.05, 0) is 31.9 Å². The van der Waals surface area contributed by atoms with Gasteiger partial charge in [-0.15, -0.1) is 11.8 Å². The fourth-order valence-electron chi connectivity index (χ4n) is 2.36. The number of carbonyl (C=O) groups excluding carboxylic acids is 1. The number of carbonyl (C=O) groups is 1. The van der Waals surface area contributed by atoms with Gasteiger partial charge in [0.2, 0.25) is 5.91 Å². The zero-order valence-electron chi connectivity index (χ0n) is 11.3. The van der Waals surface area contributed by atoms with Crippen molar-refractivity contribution in [1.29, 1.82) is 0 Å². The van der Waals surface area contributed by atoms with Gasteiger partial charge in [0, 0.05) is 11.4 Å². The average Bonchev–Trinajstić information content (AvgIpc) is 2.84. The highest BCUT2D eigenvalue weighted by Crippen LogP contribution is 2.29. The Hall–Kier alpha value is -1.00. The van der Waals surface area contributed by atoms with Gasteiger partial charge in [0.15, 0.2) is 0 Å². The van der Waals surface area contributed by atoms with Crippen LogP contribution in [0.3, 0.4) is 0 Å². The molecule has 1 atom stereocenters. The lowest BCUT2D eigenvalue weighted by molar-refractivity contribution is -0.121. The lowest BCUT2D eigenvalue weighted by atomic mass is 10.0. The topological polar surface area (TPSA) is 49.3 Å². The number of thioether (sulfide) groups is 1. The lowest BCUT2D eigenvalue weighted by Crippen LogP contribution is -2.43. The Morgan fingerprint density at radius 3 is 2.63 bits per heavy atom. The van der Waals surface area contributed by atoms with Crippen LogP contribution in [0.1, 0.15) is 32.6 Å². The van der Waals surface area contributed by atoms with Gasteiger partial charge in [-0.1, -0.05) is 31.0 Å². The van der Waals surface area contributed by atoms with E-state index < -0.39 is 5.60 Å². The Bertz CT molecular complexity index is 415. The number of hydrogen-bond acceptors (Lipinski definition) is 3. The molecule has 1 saturated carbocycles. The zero-order chi connectivity index (χ0) is 13.7. The maximum absolute atomic E-state index is 12.0. The van der Waals surface area contributed by atoms with Crippen molar-refractivity contribution in [1.82, 2.24) is 5.32 Å². The third kappa shape index (κ3) is 4.25. The maximum atomic E-state index is 12.0. The van der Waals surface area contributed by atoms with Gasteiger partial charge in [0.05, 0.1) is 10.9 Å². The Morgan fingerprint density at radius 1 is 1.37 bits per heavy atom. The molecular formula is C15H21NO2S. The van der Waals surface area contributed by atoms with E-state index >= 15 is 0 Å². The summed E-state index contributed by atoms with van der Waals surface area (Å²) in [5, 5.41) is 12.9. The van der Waals surface area contributed by atoms with Crippen molar-refractivity contribution in [3.63, 3.8) is 0 Å².